The van der Waals surface area contributed by atoms with E-state index >= 15 is 0 Å². The van der Waals surface area contributed by atoms with E-state index in [-0.39, 0.29) is 0 Å². The third-order valence-corrected chi connectivity index (χ3v) is 3.04. The van der Waals surface area contributed by atoms with Crippen molar-refractivity contribution in [2.75, 3.05) is 6.38 Å². The van der Waals surface area contributed by atoms with Crippen molar-refractivity contribution in [3.63, 3.8) is 0 Å². The molecule has 2 aliphatic heterocycles. The second kappa shape index (κ2) is 9.48. The number of nitrogens with zero attached hydrogens (tertiary/aromatic N) is 2. The molecule has 23 heavy (non-hydrogen) atoms. The number of pyridine rings is 1. The first-order valence-electron chi connectivity index (χ1n) is 6.93. The third-order valence-electron chi connectivity index (χ3n) is 3.04. The highest BCUT2D eigenvalue weighted by Crippen LogP contribution is 2.23. The van der Waals surface area contributed by atoms with Crippen molar-refractivity contribution in [2.45, 2.75) is 13.3 Å². The summed E-state index contributed by atoms with van der Waals surface area (Å²) < 4.78 is 1.05. The highest BCUT2D eigenvalue weighted by atomic mass is 35.5. The molecule has 2 heterocycles. The molecule has 1 aromatic carbocycles. The summed E-state index contributed by atoms with van der Waals surface area (Å²) in [5.41, 5.74) is 2.54. The molecular formula is C17H19ClN2O3. The van der Waals surface area contributed by atoms with Gasteiger partial charge in [-0.15, -0.1) is 11.6 Å². The summed E-state index contributed by atoms with van der Waals surface area (Å²) in [6.07, 6.45) is 5.80. The molecular weight excluding hydrogens is 316 g/mol. The van der Waals surface area contributed by atoms with Crippen LogP contribution in [0.4, 0.5) is 0 Å². The summed E-state index contributed by atoms with van der Waals surface area (Å²) in [5, 5.41) is 17.7. The predicted molar refractivity (Wildman–Crippen MR) is 90.6 cm³/mol. The van der Waals surface area contributed by atoms with Crippen LogP contribution in [0.15, 0.2) is 54.9 Å². The molecule has 0 atom stereocenters. The smallest absolute Gasteiger partial charge is 0.335 e. The molecule has 3 rings (SSSR count). The Bertz CT molecular complexity index is 698. The zero-order chi connectivity index (χ0) is 17.2. The van der Waals surface area contributed by atoms with Crippen molar-refractivity contribution in [3.05, 3.63) is 66.0 Å². The van der Waals surface area contributed by atoms with Crippen molar-refractivity contribution in [2.24, 2.45) is 0 Å². The molecule has 6 heteroatoms. The van der Waals surface area contributed by atoms with Crippen LogP contribution in [0.5, 0.6) is 0 Å². The largest absolute Gasteiger partial charge is 0.478 e. The van der Waals surface area contributed by atoms with Crippen LogP contribution >= 0.6 is 11.6 Å². The number of aromatic carboxylic acids is 1. The fraction of sp³-hybridized carbons (Fsp3) is 0.176. The molecule has 0 aromatic heterocycles. The van der Waals surface area contributed by atoms with Crippen LogP contribution in [0.3, 0.4) is 0 Å². The van der Waals surface area contributed by atoms with Crippen LogP contribution in [-0.4, -0.2) is 32.4 Å². The minimum absolute atomic E-state index is 0.331. The molecule has 0 saturated carbocycles. The van der Waals surface area contributed by atoms with Gasteiger partial charge in [0.25, 0.3) is 0 Å². The Hall–Kier alpha value is -2.53. The molecule has 122 valence electrons. The molecule has 5 nitrogen and oxygen atoms in total. The Balaban J connectivity index is 0.000000215. The first-order valence-corrected chi connectivity index (χ1v) is 7.69. The van der Waals surface area contributed by atoms with Gasteiger partial charge in [0.05, 0.1) is 5.56 Å². The average Bonchev–Trinajstić information content (AvgIpc) is 3.03. The Morgan fingerprint density at radius 1 is 1.17 bits per heavy atom. The monoisotopic (exact) mass is 334 g/mol. The molecule has 0 radical (unpaired) electrons. The number of fused-ring (bicyclic) bond motifs is 1. The van der Waals surface area contributed by atoms with Gasteiger partial charge in [0.2, 0.25) is 0 Å². The first-order chi connectivity index (χ1) is 11.1. The number of hydrogen-bond donors (Lipinski definition) is 2. The van der Waals surface area contributed by atoms with Crippen LogP contribution < -0.4 is 0 Å². The zero-order valence-electron chi connectivity index (χ0n) is 13.0. The lowest BCUT2D eigenvalue weighted by Crippen LogP contribution is -1.97. The average molecular weight is 335 g/mol. The maximum absolute atomic E-state index is 10.2. The third kappa shape index (κ3) is 5.00. The lowest BCUT2D eigenvalue weighted by Gasteiger charge is -2.03. The van der Waals surface area contributed by atoms with Crippen LogP contribution in [-0.2, 0) is 6.42 Å². The van der Waals surface area contributed by atoms with Gasteiger partial charge in [-0.3, -0.25) is 0 Å². The van der Waals surface area contributed by atoms with Gasteiger partial charge in [-0.2, -0.15) is 4.73 Å². The summed E-state index contributed by atoms with van der Waals surface area (Å²) in [5.74, 6) is -0.245. The molecule has 0 saturated heterocycles. The maximum atomic E-state index is 10.2. The number of hydrogen-bond acceptors (Lipinski definition) is 3. The topological polar surface area (TPSA) is 75.3 Å². The SMILES string of the molecule is CCc1cnc2n(O)cccc1-2.CCl.O=C(O)c1ccccc1. The number of halogens is 1. The fourth-order valence-electron chi connectivity index (χ4n) is 1.94. The number of benzene rings is 1. The Labute approximate surface area is 140 Å². The second-order valence-corrected chi connectivity index (χ2v) is 4.40. The van der Waals surface area contributed by atoms with Gasteiger partial charge in [0, 0.05) is 24.3 Å². The normalized spacial score (nSPS) is 9.35. The predicted octanol–water partition coefficient (Wildman–Crippen LogP) is 4.03. The molecule has 0 unspecified atom stereocenters. The van der Waals surface area contributed by atoms with E-state index in [4.69, 9.17) is 5.11 Å². The molecule has 0 aliphatic carbocycles. The number of alkyl halides is 1. The van der Waals surface area contributed by atoms with E-state index in [0.717, 1.165) is 16.7 Å². The molecule has 0 spiro atoms. The minimum Gasteiger partial charge on any atom is -0.478 e. The van der Waals surface area contributed by atoms with Crippen LogP contribution in [0, 0.1) is 0 Å². The van der Waals surface area contributed by atoms with Gasteiger partial charge in [-0.1, -0.05) is 25.1 Å². The maximum Gasteiger partial charge on any atom is 0.335 e. The Kier molecular flexibility index (Phi) is 7.63. The van der Waals surface area contributed by atoms with E-state index in [1.54, 1.807) is 42.7 Å². The fourth-order valence-corrected chi connectivity index (χ4v) is 1.94. The van der Waals surface area contributed by atoms with Crippen molar-refractivity contribution in [1.82, 2.24) is 9.71 Å². The number of aromatic nitrogens is 2. The van der Waals surface area contributed by atoms with Gasteiger partial charge in [-0.25, -0.2) is 9.78 Å². The van der Waals surface area contributed by atoms with Crippen molar-refractivity contribution in [3.8, 4) is 11.4 Å². The number of aryl methyl sites for hydroxylation is 1. The summed E-state index contributed by atoms with van der Waals surface area (Å²) in [6, 6.07) is 12.1. The molecule has 0 amide bonds. The molecule has 1 aromatic rings. The van der Waals surface area contributed by atoms with E-state index in [1.165, 1.54) is 11.9 Å². The van der Waals surface area contributed by atoms with Gasteiger partial charge in [0.15, 0.2) is 5.82 Å². The van der Waals surface area contributed by atoms with E-state index in [9.17, 15) is 10.0 Å². The van der Waals surface area contributed by atoms with Crippen molar-refractivity contribution in [1.29, 1.82) is 0 Å². The van der Waals surface area contributed by atoms with Crippen LogP contribution in [0.2, 0.25) is 0 Å². The van der Waals surface area contributed by atoms with Gasteiger partial charge >= 0.3 is 5.97 Å². The first kappa shape index (κ1) is 18.5. The number of carboxylic acids is 1. The highest BCUT2D eigenvalue weighted by Gasteiger charge is 2.11. The van der Waals surface area contributed by atoms with Gasteiger partial charge in [-0.05, 0) is 36.2 Å². The quantitative estimate of drug-likeness (QED) is 0.548. The zero-order valence-corrected chi connectivity index (χ0v) is 13.7. The standard InChI is InChI=1S/C9H10N2O.C7H6O2.CH3Cl/c1-2-7-6-10-9-8(7)4-3-5-11(9)12;8-7(9)6-4-2-1-3-5-6;1-2/h3-6,12H,2H2,1H3;1-5H,(H,8,9);1H3. The molecule has 2 aliphatic rings. The minimum atomic E-state index is -0.879. The lowest BCUT2D eigenvalue weighted by molar-refractivity contribution is 0.0697. The highest BCUT2D eigenvalue weighted by molar-refractivity contribution is 6.15. The summed E-state index contributed by atoms with van der Waals surface area (Å²) in [4.78, 5) is 14.3. The lowest BCUT2D eigenvalue weighted by atomic mass is 10.1. The number of carbonyl (C=O) groups is 1. The van der Waals surface area contributed by atoms with E-state index in [2.05, 4.69) is 23.5 Å². The Morgan fingerprint density at radius 2 is 1.83 bits per heavy atom. The molecule has 0 bridgehead atoms. The second-order valence-electron chi connectivity index (χ2n) is 4.40. The summed E-state index contributed by atoms with van der Waals surface area (Å²) in [6.45, 7) is 2.07. The van der Waals surface area contributed by atoms with Crippen molar-refractivity contribution >= 4 is 17.6 Å². The van der Waals surface area contributed by atoms with Gasteiger partial charge < -0.3 is 10.3 Å². The number of carboxylic acid groups (broad SMARTS) is 1. The summed E-state index contributed by atoms with van der Waals surface area (Å²) >= 11 is 4.64. The van der Waals surface area contributed by atoms with Crippen molar-refractivity contribution < 1.29 is 15.1 Å². The number of rotatable bonds is 2. The van der Waals surface area contributed by atoms with E-state index in [0.29, 0.717) is 11.4 Å². The van der Waals surface area contributed by atoms with Crippen LogP contribution in [0.1, 0.15) is 22.8 Å². The van der Waals surface area contributed by atoms with E-state index in [1.807, 2.05) is 12.1 Å². The Morgan fingerprint density at radius 3 is 2.35 bits per heavy atom. The van der Waals surface area contributed by atoms with Crippen LogP contribution in [0.25, 0.3) is 11.4 Å². The summed E-state index contributed by atoms with van der Waals surface area (Å²) in [7, 11) is 0. The molecule has 0 fully saturated rings. The van der Waals surface area contributed by atoms with Gasteiger partial charge in [0.1, 0.15) is 0 Å². The van der Waals surface area contributed by atoms with E-state index < -0.39 is 5.97 Å². The molecule has 2 N–H and O–H groups in total.